The van der Waals surface area contributed by atoms with Crippen LogP contribution in [0.3, 0.4) is 0 Å². The second kappa shape index (κ2) is 7.47. The molecule has 0 unspecified atom stereocenters. The van der Waals surface area contributed by atoms with Crippen molar-refractivity contribution in [2.45, 2.75) is 13.3 Å². The highest BCUT2D eigenvalue weighted by molar-refractivity contribution is 6.49. The van der Waals surface area contributed by atoms with Crippen molar-refractivity contribution >= 4 is 59.8 Å². The van der Waals surface area contributed by atoms with Gasteiger partial charge in [0.15, 0.2) is 0 Å². The third kappa shape index (κ3) is 3.63. The largest absolute Gasteiger partial charge is 0.369 e. The van der Waals surface area contributed by atoms with Crippen molar-refractivity contribution in [2.24, 2.45) is 0 Å². The standard InChI is InChI=1S/C22H18B2N4/c1-13(25)15-4-5-21-18(9-15)22(28-12-27-21)26-7-6-14-2-3-16-10-19(23)20(24)11-17(16)8-14/h2-5,8-12,25H,6-7H2,1H3,(H,26,27,28). The lowest BCUT2D eigenvalue weighted by Crippen LogP contribution is -2.24. The van der Waals surface area contributed by atoms with Gasteiger partial charge in [0.25, 0.3) is 0 Å². The Morgan fingerprint density at radius 1 is 0.964 bits per heavy atom. The molecule has 0 saturated heterocycles. The van der Waals surface area contributed by atoms with Crippen LogP contribution in [0.15, 0.2) is 54.9 Å². The third-order valence-electron chi connectivity index (χ3n) is 4.88. The predicted octanol–water partition coefficient (Wildman–Crippen LogP) is 2.41. The van der Waals surface area contributed by atoms with E-state index in [2.05, 4.69) is 33.5 Å². The topological polar surface area (TPSA) is 61.7 Å². The minimum atomic E-state index is 0.521. The van der Waals surface area contributed by atoms with Gasteiger partial charge in [0.2, 0.25) is 0 Å². The van der Waals surface area contributed by atoms with Crippen LogP contribution < -0.4 is 16.2 Å². The molecule has 4 radical (unpaired) electrons. The van der Waals surface area contributed by atoms with Crippen LogP contribution in [0.4, 0.5) is 5.82 Å². The number of hydrogen-bond acceptors (Lipinski definition) is 4. The van der Waals surface area contributed by atoms with Gasteiger partial charge in [-0.1, -0.05) is 36.4 Å². The number of benzene rings is 3. The maximum absolute atomic E-state index is 7.85. The van der Waals surface area contributed by atoms with Gasteiger partial charge >= 0.3 is 0 Å². The molecule has 28 heavy (non-hydrogen) atoms. The zero-order valence-electron chi connectivity index (χ0n) is 15.7. The fourth-order valence-electron chi connectivity index (χ4n) is 3.29. The zero-order valence-corrected chi connectivity index (χ0v) is 15.7. The second-order valence-electron chi connectivity index (χ2n) is 6.92. The summed E-state index contributed by atoms with van der Waals surface area (Å²) in [5.41, 5.74) is 4.67. The first-order valence-corrected chi connectivity index (χ1v) is 9.13. The first-order chi connectivity index (χ1) is 13.5. The van der Waals surface area contributed by atoms with Gasteiger partial charge in [-0.2, -0.15) is 0 Å². The first kappa shape index (κ1) is 18.2. The molecule has 0 aliphatic heterocycles. The molecule has 0 aliphatic carbocycles. The Kier molecular flexibility index (Phi) is 4.86. The molecule has 0 spiro atoms. The van der Waals surface area contributed by atoms with Gasteiger partial charge in [0.1, 0.15) is 27.8 Å². The van der Waals surface area contributed by atoms with Crippen LogP contribution >= 0.6 is 0 Å². The van der Waals surface area contributed by atoms with Crippen LogP contribution in [0.2, 0.25) is 0 Å². The number of nitrogens with zero attached hydrogens (tertiary/aromatic N) is 2. The Bertz CT molecular complexity index is 1200. The van der Waals surface area contributed by atoms with E-state index in [9.17, 15) is 0 Å². The molecule has 1 aromatic heterocycles. The minimum Gasteiger partial charge on any atom is -0.369 e. The molecule has 0 saturated carbocycles. The Morgan fingerprint density at radius 3 is 2.54 bits per heavy atom. The smallest absolute Gasteiger partial charge is 0.137 e. The molecular formula is C22H18B2N4. The fraction of sp³-hybridized carbons (Fsp3) is 0.136. The lowest BCUT2D eigenvalue weighted by Gasteiger charge is -2.10. The van der Waals surface area contributed by atoms with E-state index in [1.54, 1.807) is 13.3 Å². The Labute approximate surface area is 166 Å². The van der Waals surface area contributed by atoms with Crippen molar-refractivity contribution in [3.05, 3.63) is 66.0 Å². The summed E-state index contributed by atoms with van der Waals surface area (Å²) in [4.78, 5) is 8.70. The number of anilines is 1. The van der Waals surface area contributed by atoms with E-state index in [0.29, 0.717) is 16.6 Å². The highest BCUT2D eigenvalue weighted by Gasteiger charge is 2.06. The Balaban J connectivity index is 1.53. The molecule has 4 rings (SSSR count). The van der Waals surface area contributed by atoms with E-state index in [1.165, 1.54) is 5.56 Å². The summed E-state index contributed by atoms with van der Waals surface area (Å²) < 4.78 is 0. The summed E-state index contributed by atoms with van der Waals surface area (Å²) in [6.45, 7) is 2.51. The molecule has 1 heterocycles. The molecule has 0 amide bonds. The highest BCUT2D eigenvalue weighted by Crippen LogP contribution is 2.21. The molecule has 0 bridgehead atoms. The quantitative estimate of drug-likeness (QED) is 0.425. The molecule has 3 aromatic carbocycles. The van der Waals surface area contributed by atoms with Crippen LogP contribution in [-0.4, -0.2) is 37.9 Å². The van der Waals surface area contributed by atoms with Gasteiger partial charge in [-0.15, -0.1) is 10.9 Å². The summed E-state index contributed by atoms with van der Waals surface area (Å²) in [6.07, 6.45) is 2.40. The first-order valence-electron chi connectivity index (χ1n) is 9.13. The molecule has 0 fully saturated rings. The Hall–Kier alpha value is -3.14. The lowest BCUT2D eigenvalue weighted by molar-refractivity contribution is 1.01. The van der Waals surface area contributed by atoms with Crippen molar-refractivity contribution in [3.8, 4) is 0 Å². The van der Waals surface area contributed by atoms with Crippen molar-refractivity contribution in [1.29, 1.82) is 5.41 Å². The number of hydrogen-bond donors (Lipinski definition) is 2. The number of nitrogens with one attached hydrogen (secondary N) is 2. The molecule has 2 N–H and O–H groups in total. The maximum Gasteiger partial charge on any atom is 0.137 e. The molecule has 6 heteroatoms. The predicted molar refractivity (Wildman–Crippen MR) is 119 cm³/mol. The van der Waals surface area contributed by atoms with Gasteiger partial charge in [-0.25, -0.2) is 9.97 Å². The van der Waals surface area contributed by atoms with Gasteiger partial charge in [0, 0.05) is 17.6 Å². The fourth-order valence-corrected chi connectivity index (χ4v) is 3.29. The van der Waals surface area contributed by atoms with E-state index < -0.39 is 0 Å². The second-order valence-corrected chi connectivity index (χ2v) is 6.92. The normalized spacial score (nSPS) is 11.0. The van der Waals surface area contributed by atoms with E-state index in [4.69, 9.17) is 21.1 Å². The van der Waals surface area contributed by atoms with Crippen LogP contribution in [0.1, 0.15) is 18.1 Å². The number of aromatic nitrogens is 2. The lowest BCUT2D eigenvalue weighted by atomic mass is 9.79. The summed E-state index contributed by atoms with van der Waals surface area (Å²) in [5.74, 6) is 0.783. The van der Waals surface area contributed by atoms with Crippen molar-refractivity contribution in [1.82, 2.24) is 9.97 Å². The Morgan fingerprint density at radius 2 is 1.75 bits per heavy atom. The van der Waals surface area contributed by atoms with Gasteiger partial charge < -0.3 is 10.7 Å². The average Bonchev–Trinajstić information content (AvgIpc) is 2.69. The van der Waals surface area contributed by atoms with E-state index in [-0.39, 0.29) is 0 Å². The van der Waals surface area contributed by atoms with Crippen molar-refractivity contribution in [2.75, 3.05) is 11.9 Å². The molecule has 0 aliphatic rings. The van der Waals surface area contributed by atoms with E-state index in [0.717, 1.165) is 46.0 Å². The van der Waals surface area contributed by atoms with E-state index >= 15 is 0 Å². The summed E-state index contributed by atoms with van der Waals surface area (Å²) in [6, 6.07) is 15.9. The zero-order chi connectivity index (χ0) is 19.7. The van der Waals surface area contributed by atoms with Crippen molar-refractivity contribution in [3.63, 3.8) is 0 Å². The molecule has 4 aromatic rings. The van der Waals surface area contributed by atoms with Gasteiger partial charge in [0.05, 0.1) is 5.52 Å². The van der Waals surface area contributed by atoms with Gasteiger partial charge in [-0.05, 0) is 47.4 Å². The van der Waals surface area contributed by atoms with Crippen LogP contribution in [0.25, 0.3) is 21.7 Å². The summed E-state index contributed by atoms with van der Waals surface area (Å²) in [5, 5.41) is 14.3. The summed E-state index contributed by atoms with van der Waals surface area (Å²) >= 11 is 0. The van der Waals surface area contributed by atoms with Crippen molar-refractivity contribution < 1.29 is 0 Å². The molecular weight excluding hydrogens is 342 g/mol. The maximum atomic E-state index is 7.85. The third-order valence-corrected chi connectivity index (χ3v) is 4.88. The van der Waals surface area contributed by atoms with Crippen LogP contribution in [0.5, 0.6) is 0 Å². The number of rotatable bonds is 5. The van der Waals surface area contributed by atoms with E-state index in [1.807, 2.05) is 30.3 Å². The van der Waals surface area contributed by atoms with Crippen LogP contribution in [-0.2, 0) is 6.42 Å². The summed E-state index contributed by atoms with van der Waals surface area (Å²) in [7, 11) is 11.8. The molecule has 4 nitrogen and oxygen atoms in total. The van der Waals surface area contributed by atoms with Gasteiger partial charge in [-0.3, -0.25) is 0 Å². The minimum absolute atomic E-state index is 0.521. The monoisotopic (exact) mass is 360 g/mol. The van der Waals surface area contributed by atoms with Crippen LogP contribution in [0, 0.1) is 5.41 Å². The number of fused-ring (bicyclic) bond motifs is 2. The average molecular weight is 360 g/mol. The molecule has 132 valence electrons. The SMILES string of the molecule is [B]c1cc2ccc(CCNc3ncnc4ccc(C(C)=N)cc34)cc2cc1[B]. The highest BCUT2D eigenvalue weighted by atomic mass is 15.0. The molecule has 0 atom stereocenters.